The number of amides is 1. The van der Waals surface area contributed by atoms with Gasteiger partial charge in [0, 0.05) is 49.7 Å². The lowest BCUT2D eigenvalue weighted by Gasteiger charge is -2.42. The lowest BCUT2D eigenvalue weighted by molar-refractivity contribution is -0.112. The number of benzene rings is 2. The van der Waals surface area contributed by atoms with Crippen LogP contribution in [0.25, 0.3) is 11.1 Å². The summed E-state index contributed by atoms with van der Waals surface area (Å²) in [6.45, 7) is 5.26. The number of rotatable bonds is 4. The van der Waals surface area contributed by atoms with E-state index < -0.39 is 11.7 Å². The normalized spacial score (nSPS) is 17.2. The molecule has 1 saturated heterocycles. The molecule has 2 aliphatic rings. The molecule has 164 valence electrons. The molecule has 2 aliphatic heterocycles. The van der Waals surface area contributed by atoms with Crippen LogP contribution in [0.3, 0.4) is 0 Å². The quantitative estimate of drug-likeness (QED) is 0.492. The van der Waals surface area contributed by atoms with Gasteiger partial charge < -0.3 is 24.8 Å². The van der Waals surface area contributed by atoms with Crippen LogP contribution in [0, 0.1) is 6.92 Å². The van der Waals surface area contributed by atoms with E-state index in [1.165, 1.54) is 0 Å². The van der Waals surface area contributed by atoms with E-state index >= 15 is 0 Å². The molecule has 32 heavy (non-hydrogen) atoms. The molecule has 1 fully saturated rings. The van der Waals surface area contributed by atoms with Crippen molar-refractivity contribution in [3.63, 3.8) is 0 Å². The van der Waals surface area contributed by atoms with Crippen molar-refractivity contribution in [2.24, 2.45) is 7.05 Å². The number of fused-ring (bicyclic) bond motifs is 3. The Labute approximate surface area is 187 Å². The first kappa shape index (κ1) is 20.3. The Hall–Kier alpha value is -3.58. The van der Waals surface area contributed by atoms with Crippen molar-refractivity contribution in [2.75, 3.05) is 36.5 Å². The third kappa shape index (κ3) is 3.54. The number of aryl methyl sites for hydroxylation is 1. The summed E-state index contributed by atoms with van der Waals surface area (Å²) in [5, 5.41) is 6.15. The average molecular weight is 431 g/mol. The van der Waals surface area contributed by atoms with E-state index in [-0.39, 0.29) is 0 Å². The maximum atomic E-state index is 13.2. The zero-order chi connectivity index (χ0) is 22.2. The molecule has 0 unspecified atom stereocenters. The fraction of sp³-hybridized carbons (Fsp3) is 0.280. The number of piperazine rings is 1. The summed E-state index contributed by atoms with van der Waals surface area (Å²) in [5.41, 5.74) is 4.51. The van der Waals surface area contributed by atoms with Gasteiger partial charge in [0.2, 0.25) is 0 Å². The van der Waals surface area contributed by atoms with Crippen molar-refractivity contribution in [3.8, 4) is 16.9 Å². The van der Waals surface area contributed by atoms with Crippen LogP contribution in [-0.2, 0) is 11.8 Å². The zero-order valence-corrected chi connectivity index (χ0v) is 18.2. The van der Waals surface area contributed by atoms with Gasteiger partial charge in [-0.25, -0.2) is 0 Å². The number of carbonyl (C=O) groups excluding carboxylic acids is 2. The summed E-state index contributed by atoms with van der Waals surface area (Å²) in [4.78, 5) is 28.4. The van der Waals surface area contributed by atoms with Crippen LogP contribution in [0.15, 0.2) is 54.6 Å². The van der Waals surface area contributed by atoms with E-state index in [9.17, 15) is 9.59 Å². The van der Waals surface area contributed by atoms with E-state index in [1.54, 1.807) is 17.7 Å². The van der Waals surface area contributed by atoms with Crippen molar-refractivity contribution < 1.29 is 14.3 Å². The van der Waals surface area contributed by atoms with Gasteiger partial charge in [0.05, 0.1) is 11.7 Å². The van der Waals surface area contributed by atoms with Crippen LogP contribution in [0.5, 0.6) is 5.75 Å². The maximum absolute atomic E-state index is 13.2. The summed E-state index contributed by atoms with van der Waals surface area (Å²) >= 11 is 0. The number of ether oxygens (including phenoxy) is 1. The molecule has 0 aliphatic carbocycles. The van der Waals surface area contributed by atoms with Crippen molar-refractivity contribution >= 4 is 23.1 Å². The lowest BCUT2D eigenvalue weighted by Crippen LogP contribution is -2.55. The van der Waals surface area contributed by atoms with Crippen LogP contribution in [0.4, 0.5) is 11.4 Å². The predicted octanol–water partition coefficient (Wildman–Crippen LogP) is 2.99. The first-order valence-corrected chi connectivity index (χ1v) is 10.8. The summed E-state index contributed by atoms with van der Waals surface area (Å²) in [6.07, 6.45) is 0. The number of nitrogens with one attached hydrogen (secondary N) is 2. The van der Waals surface area contributed by atoms with Gasteiger partial charge in [0.25, 0.3) is 11.7 Å². The number of carbonyl (C=O) groups is 2. The molecule has 2 aromatic carbocycles. The second-order valence-corrected chi connectivity index (χ2v) is 8.30. The molecule has 1 aromatic heterocycles. The monoisotopic (exact) mass is 430 g/mol. The van der Waals surface area contributed by atoms with Gasteiger partial charge in [0.1, 0.15) is 18.1 Å². The van der Waals surface area contributed by atoms with E-state index in [1.807, 2.05) is 55.5 Å². The number of nitrogens with zero attached hydrogens (tertiary/aromatic N) is 2. The summed E-state index contributed by atoms with van der Waals surface area (Å²) in [6, 6.07) is 17.5. The first-order chi connectivity index (χ1) is 15.5. The standard InChI is InChI=1S/C25H26N4O3/c1-16-12-20(17-6-4-3-5-7-17)23(28(16)2)24(30)25(31)27-18-8-9-21-22(13-18)32-15-19-14-26-10-11-29(19)21/h3-9,12-13,19,26H,10-11,14-15H2,1-2H3,(H,27,31)/t19-/m1/s1. The fourth-order valence-corrected chi connectivity index (χ4v) is 4.50. The molecular weight excluding hydrogens is 404 g/mol. The molecule has 1 atom stereocenters. The van der Waals surface area contributed by atoms with Crippen LogP contribution < -0.4 is 20.3 Å². The Morgan fingerprint density at radius 3 is 2.75 bits per heavy atom. The first-order valence-electron chi connectivity index (χ1n) is 10.8. The zero-order valence-electron chi connectivity index (χ0n) is 18.2. The highest BCUT2D eigenvalue weighted by Gasteiger charge is 2.30. The van der Waals surface area contributed by atoms with Gasteiger partial charge >= 0.3 is 0 Å². The van der Waals surface area contributed by atoms with E-state index in [0.717, 1.165) is 47.9 Å². The van der Waals surface area contributed by atoms with Crippen molar-refractivity contribution in [1.29, 1.82) is 0 Å². The second kappa shape index (κ2) is 8.16. The molecule has 0 spiro atoms. The van der Waals surface area contributed by atoms with Crippen molar-refractivity contribution in [1.82, 2.24) is 9.88 Å². The number of ketones is 1. The van der Waals surface area contributed by atoms with Gasteiger partial charge in [-0.2, -0.15) is 0 Å². The molecule has 0 saturated carbocycles. The summed E-state index contributed by atoms with van der Waals surface area (Å²) in [7, 11) is 1.80. The fourth-order valence-electron chi connectivity index (χ4n) is 4.50. The van der Waals surface area contributed by atoms with Crippen LogP contribution in [-0.4, -0.2) is 48.5 Å². The van der Waals surface area contributed by atoms with Gasteiger partial charge in [-0.3, -0.25) is 9.59 Å². The Bertz CT molecular complexity index is 1190. The Morgan fingerprint density at radius 1 is 1.12 bits per heavy atom. The van der Waals surface area contributed by atoms with Crippen LogP contribution in [0.2, 0.25) is 0 Å². The van der Waals surface area contributed by atoms with Gasteiger partial charge in [-0.05, 0) is 30.7 Å². The minimum atomic E-state index is -0.667. The smallest absolute Gasteiger partial charge is 0.298 e. The highest BCUT2D eigenvalue weighted by atomic mass is 16.5. The summed E-state index contributed by atoms with van der Waals surface area (Å²) in [5.74, 6) is -0.507. The number of hydrogen-bond donors (Lipinski definition) is 2. The molecule has 3 heterocycles. The molecular formula is C25H26N4O3. The third-order valence-electron chi connectivity index (χ3n) is 6.29. The number of aromatic nitrogens is 1. The molecule has 0 radical (unpaired) electrons. The highest BCUT2D eigenvalue weighted by molar-refractivity contribution is 6.47. The van der Waals surface area contributed by atoms with Crippen molar-refractivity contribution in [2.45, 2.75) is 13.0 Å². The van der Waals surface area contributed by atoms with E-state index in [0.29, 0.717) is 24.0 Å². The lowest BCUT2D eigenvalue weighted by atomic mass is 10.0. The van der Waals surface area contributed by atoms with E-state index in [4.69, 9.17) is 4.74 Å². The predicted molar refractivity (Wildman–Crippen MR) is 124 cm³/mol. The van der Waals surface area contributed by atoms with Crippen LogP contribution in [0.1, 0.15) is 16.2 Å². The molecule has 0 bridgehead atoms. The Kier molecular flexibility index (Phi) is 5.19. The highest BCUT2D eigenvalue weighted by Crippen LogP contribution is 2.36. The molecule has 5 rings (SSSR count). The van der Waals surface area contributed by atoms with Crippen LogP contribution >= 0.6 is 0 Å². The average Bonchev–Trinajstić information content (AvgIpc) is 3.13. The Morgan fingerprint density at radius 2 is 1.94 bits per heavy atom. The molecule has 1 amide bonds. The molecule has 7 nitrogen and oxygen atoms in total. The van der Waals surface area contributed by atoms with Gasteiger partial charge in [-0.1, -0.05) is 30.3 Å². The minimum absolute atomic E-state index is 0.315. The van der Waals surface area contributed by atoms with Crippen molar-refractivity contribution in [3.05, 3.63) is 66.0 Å². The van der Waals surface area contributed by atoms with Gasteiger partial charge in [-0.15, -0.1) is 0 Å². The number of Topliss-reactive ketones (excluding diaryl/α,β-unsaturated/α-hetero) is 1. The summed E-state index contributed by atoms with van der Waals surface area (Å²) < 4.78 is 7.71. The molecule has 2 N–H and O–H groups in total. The number of hydrogen-bond acceptors (Lipinski definition) is 5. The molecule has 7 heteroatoms. The Balaban J connectivity index is 1.39. The maximum Gasteiger partial charge on any atom is 0.298 e. The van der Waals surface area contributed by atoms with E-state index in [2.05, 4.69) is 15.5 Å². The topological polar surface area (TPSA) is 75.6 Å². The minimum Gasteiger partial charge on any atom is -0.489 e. The second-order valence-electron chi connectivity index (χ2n) is 8.30. The number of anilines is 2. The largest absolute Gasteiger partial charge is 0.489 e. The molecule has 3 aromatic rings. The van der Waals surface area contributed by atoms with Gasteiger partial charge in [0.15, 0.2) is 0 Å². The third-order valence-corrected chi connectivity index (χ3v) is 6.29. The SMILES string of the molecule is Cc1cc(-c2ccccc2)c(C(=O)C(=O)Nc2ccc3c(c2)OC[C@H]2CNCCN32)n1C.